The van der Waals surface area contributed by atoms with Crippen LogP contribution in [0.4, 0.5) is 5.95 Å². The molecule has 2 aromatic heterocycles. The van der Waals surface area contributed by atoms with Crippen LogP contribution in [0.2, 0.25) is 5.15 Å². The Bertz CT molecular complexity index is 400. The van der Waals surface area contributed by atoms with Crippen molar-refractivity contribution in [3.8, 4) is 0 Å². The minimum Gasteiger partial charge on any atom is -0.381 e. The van der Waals surface area contributed by atoms with Gasteiger partial charge in [-0.3, -0.25) is 0 Å². The predicted octanol–water partition coefficient (Wildman–Crippen LogP) is -2.78. The average molecular weight is 192 g/mol. The van der Waals surface area contributed by atoms with Gasteiger partial charge in [-0.25, -0.2) is 4.98 Å². The van der Waals surface area contributed by atoms with Crippen LogP contribution in [-0.4, -0.2) is 15.0 Å². The van der Waals surface area contributed by atoms with Crippen LogP contribution in [0.1, 0.15) is 0 Å². The molecule has 0 aromatic carbocycles. The van der Waals surface area contributed by atoms with Crippen molar-refractivity contribution >= 4 is 28.7 Å². The van der Waals surface area contributed by atoms with E-state index in [4.69, 9.17) is 17.3 Å². The quantitative estimate of drug-likeness (QED) is 0.360. The Morgan fingerprint density at radius 1 is 1.42 bits per heavy atom. The number of rotatable bonds is 0. The van der Waals surface area contributed by atoms with E-state index < -0.39 is 0 Å². The number of nitrogen functional groups attached to an aromatic ring is 1. The van der Waals surface area contributed by atoms with Crippen molar-refractivity contribution in [3.63, 3.8) is 0 Å². The van der Waals surface area contributed by atoms with Gasteiger partial charge in [-0.05, 0) is 6.33 Å². The van der Waals surface area contributed by atoms with E-state index >= 15 is 0 Å². The zero-order chi connectivity index (χ0) is 7.84. The van der Waals surface area contributed by atoms with Crippen LogP contribution in [-0.2, 0) is 0 Å². The van der Waals surface area contributed by atoms with Gasteiger partial charge in [0.15, 0.2) is 0 Å². The van der Waals surface area contributed by atoms with E-state index in [2.05, 4.69) is 19.9 Å². The molecule has 5 nitrogen and oxygen atoms in total. The topological polar surface area (TPSA) is 78.8 Å². The first-order valence-corrected chi connectivity index (χ1v) is 3.21. The maximum atomic E-state index is 5.67. The molecule has 0 radical (unpaired) electrons. The molecule has 0 unspecified atom stereocenters. The monoisotopic (exact) mass is 191 g/mol. The van der Waals surface area contributed by atoms with E-state index in [0.717, 1.165) is 0 Å². The number of hydrogen-bond donors (Lipinski definition) is 1. The van der Waals surface area contributed by atoms with E-state index in [9.17, 15) is 0 Å². The summed E-state index contributed by atoms with van der Waals surface area (Å²) in [6.45, 7) is 0. The maximum absolute atomic E-state index is 5.67. The summed E-state index contributed by atoms with van der Waals surface area (Å²) < 4.78 is 0. The summed E-state index contributed by atoms with van der Waals surface area (Å²) in [6, 6.07) is 0. The van der Waals surface area contributed by atoms with Crippen molar-refractivity contribution in [2.24, 2.45) is 0 Å². The number of nitrogens with zero attached hydrogens (tertiary/aromatic N) is 4. The van der Waals surface area contributed by atoms with Gasteiger partial charge in [0.25, 0.3) is 0 Å². The Morgan fingerprint density at radius 2 is 2.17 bits per heavy atom. The molecule has 0 fully saturated rings. The molecule has 0 saturated heterocycles. The van der Waals surface area contributed by atoms with Crippen molar-refractivity contribution in [3.05, 3.63) is 11.5 Å². The van der Waals surface area contributed by atoms with Crippen LogP contribution >= 0.6 is 11.6 Å². The molecule has 0 aliphatic carbocycles. The minimum absolute atomic E-state index is 0. The summed E-state index contributed by atoms with van der Waals surface area (Å²) in [5.41, 5.74) is 6.23. The normalized spacial score (nSPS) is 9.75. The largest absolute Gasteiger partial charge is 1.00 e. The number of imidazole rings is 1. The van der Waals surface area contributed by atoms with Crippen LogP contribution in [0, 0.1) is 0 Å². The van der Waals surface area contributed by atoms with E-state index in [1.54, 1.807) is 0 Å². The second kappa shape index (κ2) is 3.57. The van der Waals surface area contributed by atoms with Crippen LogP contribution in [0.25, 0.3) is 11.2 Å². The maximum Gasteiger partial charge on any atom is 1.00 e. The first-order valence-electron chi connectivity index (χ1n) is 2.84. The van der Waals surface area contributed by atoms with Crippen molar-refractivity contribution < 1.29 is 29.6 Å². The standard InChI is InChI=1S/C5H3ClN5.Na/c6-3-2-4(9-1-8-2)11-5(7)10-3;/h1H,(H2-,7,8,9,10,11);/q-1;+1. The molecule has 2 aromatic rings. The second-order valence-electron chi connectivity index (χ2n) is 1.92. The molecule has 12 heavy (non-hydrogen) atoms. The fourth-order valence-corrected chi connectivity index (χ4v) is 0.994. The van der Waals surface area contributed by atoms with Gasteiger partial charge in [0.05, 0.1) is 0 Å². The molecule has 2 N–H and O–H groups in total. The number of hydrogen-bond acceptors (Lipinski definition) is 4. The fourth-order valence-electron chi connectivity index (χ4n) is 0.775. The van der Waals surface area contributed by atoms with Crippen LogP contribution in [0.15, 0.2) is 6.33 Å². The number of anilines is 1. The molecule has 0 bridgehead atoms. The third kappa shape index (κ3) is 1.54. The molecule has 7 heteroatoms. The SMILES string of the molecule is Nc1nc(Cl)c2nc[n-]c2n1.[Na+]. The molecule has 0 atom stereocenters. The number of nitrogens with two attached hydrogens (primary N) is 1. The Balaban J connectivity index is 0.000000720. The van der Waals surface area contributed by atoms with Crippen molar-refractivity contribution in [2.75, 3.05) is 5.73 Å². The van der Waals surface area contributed by atoms with Gasteiger partial charge >= 0.3 is 29.6 Å². The predicted molar refractivity (Wildman–Crippen MR) is 40.1 cm³/mol. The van der Waals surface area contributed by atoms with Gasteiger partial charge in [-0.2, -0.15) is 0 Å². The molecule has 0 aliphatic heterocycles. The van der Waals surface area contributed by atoms with Crippen molar-refractivity contribution in [1.82, 2.24) is 19.9 Å². The zero-order valence-corrected chi connectivity index (χ0v) is 9.08. The Labute approximate surface area is 95.0 Å². The third-order valence-corrected chi connectivity index (χ3v) is 1.47. The number of fused-ring (bicyclic) bond motifs is 1. The summed E-state index contributed by atoms with van der Waals surface area (Å²) in [5, 5.41) is 0.241. The molecular weight excluding hydrogens is 189 g/mol. The first kappa shape index (κ1) is 9.73. The van der Waals surface area contributed by atoms with Gasteiger partial charge in [0, 0.05) is 11.2 Å². The van der Waals surface area contributed by atoms with Crippen LogP contribution in [0.3, 0.4) is 0 Å². The summed E-state index contributed by atoms with van der Waals surface area (Å²) in [7, 11) is 0. The molecule has 2 rings (SSSR count). The van der Waals surface area contributed by atoms with Crippen LogP contribution < -0.4 is 40.3 Å². The number of halogens is 1. The Morgan fingerprint density at radius 3 is 2.92 bits per heavy atom. The van der Waals surface area contributed by atoms with Crippen molar-refractivity contribution in [1.29, 1.82) is 0 Å². The van der Waals surface area contributed by atoms with Gasteiger partial charge < -0.3 is 20.7 Å². The summed E-state index contributed by atoms with van der Waals surface area (Å²) in [4.78, 5) is 15.2. The summed E-state index contributed by atoms with van der Waals surface area (Å²) >= 11 is 5.67. The molecule has 0 spiro atoms. The fraction of sp³-hybridized carbons (Fsp3) is 0. The molecule has 0 saturated carbocycles. The second-order valence-corrected chi connectivity index (χ2v) is 2.28. The summed E-state index contributed by atoms with van der Waals surface area (Å²) in [6.07, 6.45) is 1.37. The smallest absolute Gasteiger partial charge is 0.381 e. The number of aromatic nitrogens is 4. The third-order valence-electron chi connectivity index (χ3n) is 1.21. The molecular formula is C5H3ClN5Na. The van der Waals surface area contributed by atoms with E-state index in [-0.39, 0.29) is 40.7 Å². The van der Waals surface area contributed by atoms with Gasteiger partial charge in [0.2, 0.25) is 0 Å². The van der Waals surface area contributed by atoms with Crippen molar-refractivity contribution in [2.45, 2.75) is 0 Å². The van der Waals surface area contributed by atoms with Gasteiger partial charge in [0.1, 0.15) is 11.1 Å². The first-order chi connectivity index (χ1) is 5.27. The molecule has 2 heterocycles. The molecule has 0 amide bonds. The van der Waals surface area contributed by atoms with E-state index in [0.29, 0.717) is 11.2 Å². The van der Waals surface area contributed by atoms with Crippen LogP contribution in [0.5, 0.6) is 0 Å². The van der Waals surface area contributed by atoms with Gasteiger partial charge in [-0.1, -0.05) is 11.6 Å². The zero-order valence-electron chi connectivity index (χ0n) is 6.32. The van der Waals surface area contributed by atoms with E-state index in [1.807, 2.05) is 0 Å². The summed E-state index contributed by atoms with van der Waals surface area (Å²) in [5.74, 6) is 0.114. The Kier molecular flexibility index (Phi) is 2.89. The molecule has 56 valence electrons. The molecule has 0 aliphatic rings. The van der Waals surface area contributed by atoms with Gasteiger partial charge in [-0.15, -0.1) is 0 Å². The van der Waals surface area contributed by atoms with E-state index in [1.165, 1.54) is 6.33 Å². The minimum atomic E-state index is 0. The Hall–Kier alpha value is -0.360. The average Bonchev–Trinajstić information content (AvgIpc) is 2.34.